The van der Waals surface area contributed by atoms with E-state index in [4.69, 9.17) is 4.74 Å². The molecule has 0 spiro atoms. The number of aliphatic carboxylic acids is 1. The number of carboxylic acids is 1. The molecule has 0 bridgehead atoms. The van der Waals surface area contributed by atoms with Crippen LogP contribution in [-0.2, 0) is 19.1 Å². The molecule has 25 heavy (non-hydrogen) atoms. The molecule has 1 atom stereocenters. The van der Waals surface area contributed by atoms with Crippen LogP contribution in [0.3, 0.4) is 0 Å². The third-order valence-corrected chi connectivity index (χ3v) is 3.00. The van der Waals surface area contributed by atoms with Gasteiger partial charge in [-0.3, -0.25) is 4.79 Å². The van der Waals surface area contributed by atoms with Crippen molar-refractivity contribution in [3.05, 3.63) is 29.3 Å². The van der Waals surface area contributed by atoms with Gasteiger partial charge in [0.05, 0.1) is 30.3 Å². The molecule has 0 aromatic heterocycles. The number of anilines is 1. The number of carboxylic acid groups (broad SMARTS) is 1. The second-order valence-corrected chi connectivity index (χ2v) is 6.19. The summed E-state index contributed by atoms with van der Waals surface area (Å²) in [4.78, 5) is 34.6. The lowest BCUT2D eigenvalue weighted by atomic mass is 10.1. The lowest BCUT2D eigenvalue weighted by Crippen LogP contribution is -2.32. The maximum absolute atomic E-state index is 12.0. The number of hydrogen-bond donors (Lipinski definition) is 2. The predicted octanol–water partition coefficient (Wildman–Crippen LogP) is 1.94. The number of esters is 2. The summed E-state index contributed by atoms with van der Waals surface area (Å²) in [7, 11) is 1.15. The van der Waals surface area contributed by atoms with Crippen molar-refractivity contribution >= 4 is 23.6 Å². The minimum Gasteiger partial charge on any atom is -0.480 e. The standard InChI is InChI=1S/C17H20N2O6/c1-17(2,3)25-16(23)10-5-6-12(11(7-10)9-18)19-13(15(21)22)8-14(20)24-4/h5-7,13,19H,8H2,1-4H3,(H,21,22)/t13-/m0/s1. The maximum atomic E-state index is 12.0. The number of methoxy groups -OCH3 is 1. The van der Waals surface area contributed by atoms with E-state index in [0.29, 0.717) is 0 Å². The molecule has 0 fully saturated rings. The minimum atomic E-state index is -1.27. The smallest absolute Gasteiger partial charge is 0.338 e. The fourth-order valence-corrected chi connectivity index (χ4v) is 1.86. The Morgan fingerprint density at radius 3 is 2.44 bits per heavy atom. The van der Waals surface area contributed by atoms with Crippen LogP contribution in [0.1, 0.15) is 43.1 Å². The Bertz CT molecular complexity index is 715. The van der Waals surface area contributed by atoms with Gasteiger partial charge in [0.1, 0.15) is 17.7 Å². The van der Waals surface area contributed by atoms with E-state index in [1.165, 1.54) is 18.2 Å². The lowest BCUT2D eigenvalue weighted by molar-refractivity contribution is -0.146. The highest BCUT2D eigenvalue weighted by Gasteiger charge is 2.24. The molecule has 134 valence electrons. The summed E-state index contributed by atoms with van der Waals surface area (Å²) in [6.07, 6.45) is -0.412. The van der Waals surface area contributed by atoms with Crippen LogP contribution in [0.2, 0.25) is 0 Å². The normalized spacial score (nSPS) is 11.8. The van der Waals surface area contributed by atoms with Crippen molar-refractivity contribution in [2.75, 3.05) is 12.4 Å². The Balaban J connectivity index is 3.05. The van der Waals surface area contributed by atoms with Gasteiger partial charge in [-0.15, -0.1) is 0 Å². The molecule has 0 amide bonds. The van der Waals surface area contributed by atoms with E-state index >= 15 is 0 Å². The van der Waals surface area contributed by atoms with Crippen LogP contribution in [0, 0.1) is 11.3 Å². The molecule has 8 nitrogen and oxygen atoms in total. The molecular formula is C17H20N2O6. The van der Waals surface area contributed by atoms with Gasteiger partial charge in [-0.1, -0.05) is 0 Å². The molecule has 0 heterocycles. The quantitative estimate of drug-likeness (QED) is 0.747. The molecule has 0 aliphatic carbocycles. The summed E-state index contributed by atoms with van der Waals surface area (Å²) >= 11 is 0. The van der Waals surface area contributed by atoms with E-state index in [0.717, 1.165) is 7.11 Å². The van der Waals surface area contributed by atoms with Gasteiger partial charge in [0.25, 0.3) is 0 Å². The molecule has 0 saturated carbocycles. The number of benzene rings is 1. The number of ether oxygens (including phenoxy) is 2. The van der Waals surface area contributed by atoms with Gasteiger partial charge in [-0.2, -0.15) is 5.26 Å². The van der Waals surface area contributed by atoms with Gasteiger partial charge in [0.15, 0.2) is 0 Å². The molecule has 1 rings (SSSR count). The monoisotopic (exact) mass is 348 g/mol. The van der Waals surface area contributed by atoms with Crippen molar-refractivity contribution in [2.24, 2.45) is 0 Å². The van der Waals surface area contributed by atoms with Crippen molar-refractivity contribution < 1.29 is 29.0 Å². The first-order chi connectivity index (χ1) is 11.6. The highest BCUT2D eigenvalue weighted by Crippen LogP contribution is 2.21. The summed E-state index contributed by atoms with van der Waals surface area (Å²) in [5.41, 5.74) is -0.280. The average Bonchev–Trinajstić information content (AvgIpc) is 2.52. The Labute approximate surface area is 145 Å². The second kappa shape index (κ2) is 8.15. The molecule has 0 aliphatic rings. The first-order valence-electron chi connectivity index (χ1n) is 7.41. The molecule has 0 aliphatic heterocycles. The van der Waals surface area contributed by atoms with E-state index in [1.807, 2.05) is 6.07 Å². The Morgan fingerprint density at radius 2 is 1.96 bits per heavy atom. The molecule has 0 unspecified atom stereocenters. The first kappa shape index (κ1) is 20.0. The number of nitriles is 1. The molecule has 2 N–H and O–H groups in total. The average molecular weight is 348 g/mol. The van der Waals surface area contributed by atoms with Crippen LogP contribution >= 0.6 is 0 Å². The number of carbonyl (C=O) groups is 3. The molecule has 8 heteroatoms. The van der Waals surface area contributed by atoms with E-state index in [-0.39, 0.29) is 16.8 Å². The zero-order valence-electron chi connectivity index (χ0n) is 14.5. The van der Waals surface area contributed by atoms with Crippen LogP contribution < -0.4 is 5.32 Å². The SMILES string of the molecule is COC(=O)C[C@H](Nc1ccc(C(=O)OC(C)(C)C)cc1C#N)C(=O)O. The fourth-order valence-electron chi connectivity index (χ4n) is 1.86. The van der Waals surface area contributed by atoms with Crippen molar-refractivity contribution in [3.63, 3.8) is 0 Å². The molecule has 0 radical (unpaired) electrons. The Kier molecular flexibility index (Phi) is 6.51. The van der Waals surface area contributed by atoms with Crippen molar-refractivity contribution in [1.82, 2.24) is 0 Å². The summed E-state index contributed by atoms with van der Waals surface area (Å²) in [6, 6.07) is 4.72. The van der Waals surface area contributed by atoms with Gasteiger partial charge in [-0.25, -0.2) is 9.59 Å². The highest BCUT2D eigenvalue weighted by molar-refractivity contribution is 5.91. The van der Waals surface area contributed by atoms with Crippen LogP contribution in [0.25, 0.3) is 0 Å². The number of nitrogens with one attached hydrogen (secondary N) is 1. The summed E-state index contributed by atoms with van der Waals surface area (Å²) in [5, 5.41) is 21.0. The first-order valence-corrected chi connectivity index (χ1v) is 7.41. The summed E-state index contributed by atoms with van der Waals surface area (Å²) in [5.74, 6) is -2.57. The minimum absolute atomic E-state index is 0.0551. The topological polar surface area (TPSA) is 126 Å². The van der Waals surface area contributed by atoms with Crippen molar-refractivity contribution in [2.45, 2.75) is 38.8 Å². The van der Waals surface area contributed by atoms with Gasteiger partial charge in [0, 0.05) is 0 Å². The molecule has 1 aromatic carbocycles. The second-order valence-electron chi connectivity index (χ2n) is 6.19. The van der Waals surface area contributed by atoms with Gasteiger partial charge >= 0.3 is 17.9 Å². The summed E-state index contributed by atoms with van der Waals surface area (Å²) < 4.78 is 9.68. The van der Waals surface area contributed by atoms with Crippen LogP contribution in [0.5, 0.6) is 0 Å². The van der Waals surface area contributed by atoms with Crippen LogP contribution in [-0.4, -0.2) is 41.8 Å². The van der Waals surface area contributed by atoms with E-state index in [2.05, 4.69) is 10.1 Å². The van der Waals surface area contributed by atoms with Crippen LogP contribution in [0.4, 0.5) is 5.69 Å². The molecular weight excluding hydrogens is 328 g/mol. The van der Waals surface area contributed by atoms with Crippen molar-refractivity contribution in [3.8, 4) is 6.07 Å². The zero-order chi connectivity index (χ0) is 19.2. The van der Waals surface area contributed by atoms with Gasteiger partial charge < -0.3 is 19.9 Å². The highest BCUT2D eigenvalue weighted by atomic mass is 16.6. The van der Waals surface area contributed by atoms with Crippen LogP contribution in [0.15, 0.2) is 18.2 Å². The predicted molar refractivity (Wildman–Crippen MR) is 88.0 cm³/mol. The maximum Gasteiger partial charge on any atom is 0.338 e. The molecule has 1 aromatic rings. The van der Waals surface area contributed by atoms with Gasteiger partial charge in [-0.05, 0) is 39.0 Å². The third-order valence-electron chi connectivity index (χ3n) is 3.00. The number of rotatable bonds is 6. The van der Waals surface area contributed by atoms with E-state index < -0.39 is 36.0 Å². The number of nitrogens with zero attached hydrogens (tertiary/aromatic N) is 1. The largest absolute Gasteiger partial charge is 0.480 e. The van der Waals surface area contributed by atoms with Crippen molar-refractivity contribution in [1.29, 1.82) is 5.26 Å². The number of hydrogen-bond acceptors (Lipinski definition) is 7. The fraction of sp³-hybridized carbons (Fsp3) is 0.412. The number of carbonyl (C=O) groups excluding carboxylic acids is 2. The van der Waals surface area contributed by atoms with E-state index in [9.17, 15) is 24.8 Å². The molecule has 0 saturated heterocycles. The summed E-state index contributed by atoms with van der Waals surface area (Å²) in [6.45, 7) is 5.16. The Hall–Kier alpha value is -3.08. The van der Waals surface area contributed by atoms with Gasteiger partial charge in [0.2, 0.25) is 0 Å². The lowest BCUT2D eigenvalue weighted by Gasteiger charge is -2.20. The zero-order valence-corrected chi connectivity index (χ0v) is 14.5. The van der Waals surface area contributed by atoms with E-state index in [1.54, 1.807) is 20.8 Å². The third kappa shape index (κ3) is 6.14. The Morgan fingerprint density at radius 1 is 1.32 bits per heavy atom.